The maximum absolute atomic E-state index is 6.12. The van der Waals surface area contributed by atoms with Gasteiger partial charge in [0.1, 0.15) is 11.5 Å². The first-order chi connectivity index (χ1) is 13.0. The fraction of sp³-hybridized carbons (Fsp3) is 0.333. The van der Waals surface area contributed by atoms with Gasteiger partial charge in [-0.2, -0.15) is 0 Å². The Hall–Kier alpha value is -2.47. The number of ether oxygens (including phenoxy) is 2. The number of rotatable bonds is 7. The van der Waals surface area contributed by atoms with Crippen molar-refractivity contribution in [3.8, 4) is 11.5 Å². The summed E-state index contributed by atoms with van der Waals surface area (Å²) in [6, 6.07) is 14.2. The lowest BCUT2D eigenvalue weighted by Gasteiger charge is -2.16. The molecule has 0 aliphatic carbocycles. The van der Waals surface area contributed by atoms with Gasteiger partial charge in [-0.15, -0.1) is 10.2 Å². The van der Waals surface area contributed by atoms with Crippen molar-refractivity contribution in [1.82, 2.24) is 14.8 Å². The molecule has 0 saturated carbocycles. The van der Waals surface area contributed by atoms with Gasteiger partial charge in [-0.3, -0.25) is 0 Å². The summed E-state index contributed by atoms with van der Waals surface area (Å²) in [5.74, 6) is 3.35. The van der Waals surface area contributed by atoms with Crippen LogP contribution in [0.3, 0.4) is 0 Å². The van der Waals surface area contributed by atoms with Crippen LogP contribution in [0.2, 0.25) is 0 Å². The lowest BCUT2D eigenvalue weighted by atomic mass is 10.1. The number of aryl methyl sites for hydroxylation is 2. The molecule has 1 unspecified atom stereocenters. The Kier molecular flexibility index (Phi) is 6.06. The molecular weight excluding hydrogens is 358 g/mol. The predicted octanol–water partition coefficient (Wildman–Crippen LogP) is 4.87. The number of benzene rings is 2. The van der Waals surface area contributed by atoms with E-state index in [9.17, 15) is 0 Å². The van der Waals surface area contributed by atoms with Crippen LogP contribution in [0.1, 0.15) is 35.5 Å². The number of thioether (sulfide) groups is 1. The lowest BCUT2D eigenvalue weighted by molar-refractivity contribution is 0.210. The van der Waals surface area contributed by atoms with Gasteiger partial charge >= 0.3 is 0 Å². The lowest BCUT2D eigenvalue weighted by Crippen LogP contribution is -2.10. The molecule has 0 spiro atoms. The van der Waals surface area contributed by atoms with Crippen LogP contribution in [-0.4, -0.2) is 21.9 Å². The van der Waals surface area contributed by atoms with Crippen molar-refractivity contribution >= 4 is 11.8 Å². The molecular formula is C21H25N3O2S. The van der Waals surface area contributed by atoms with Crippen molar-refractivity contribution in [3.05, 3.63) is 65.0 Å². The molecule has 0 radical (unpaired) electrons. The van der Waals surface area contributed by atoms with Gasteiger partial charge in [0.25, 0.3) is 0 Å². The normalized spacial score (nSPS) is 12.0. The largest absolute Gasteiger partial charge is 0.497 e. The van der Waals surface area contributed by atoms with Crippen LogP contribution < -0.4 is 9.47 Å². The van der Waals surface area contributed by atoms with Gasteiger partial charge in [0.2, 0.25) is 0 Å². The van der Waals surface area contributed by atoms with Crippen molar-refractivity contribution in [2.75, 3.05) is 7.11 Å². The van der Waals surface area contributed by atoms with Crippen LogP contribution in [0.25, 0.3) is 0 Å². The number of nitrogens with zero attached hydrogens (tertiary/aromatic N) is 3. The summed E-state index contributed by atoms with van der Waals surface area (Å²) in [7, 11) is 3.66. The Morgan fingerprint density at radius 2 is 1.93 bits per heavy atom. The van der Waals surface area contributed by atoms with Crippen molar-refractivity contribution in [3.63, 3.8) is 0 Å². The quantitative estimate of drug-likeness (QED) is 0.545. The van der Waals surface area contributed by atoms with Crippen LogP contribution in [0.5, 0.6) is 11.5 Å². The third-order valence-corrected chi connectivity index (χ3v) is 5.46. The molecule has 27 heavy (non-hydrogen) atoms. The minimum absolute atomic E-state index is 0.185. The first kappa shape index (κ1) is 19.3. The summed E-state index contributed by atoms with van der Waals surface area (Å²) in [6.07, 6.45) is -0.185. The summed E-state index contributed by atoms with van der Waals surface area (Å²) in [4.78, 5) is 0. The molecule has 0 bridgehead atoms. The second kappa shape index (κ2) is 8.48. The zero-order valence-corrected chi connectivity index (χ0v) is 17.2. The number of aromatic nitrogens is 3. The Bertz CT molecular complexity index is 924. The van der Waals surface area contributed by atoms with Gasteiger partial charge in [-0.1, -0.05) is 41.6 Å². The zero-order valence-electron chi connectivity index (χ0n) is 16.4. The average molecular weight is 384 g/mol. The van der Waals surface area contributed by atoms with E-state index in [1.807, 2.05) is 42.8 Å². The summed E-state index contributed by atoms with van der Waals surface area (Å²) >= 11 is 1.65. The van der Waals surface area contributed by atoms with E-state index in [-0.39, 0.29) is 6.10 Å². The zero-order chi connectivity index (χ0) is 19.4. The van der Waals surface area contributed by atoms with Crippen molar-refractivity contribution in [2.45, 2.75) is 37.8 Å². The average Bonchev–Trinajstić information content (AvgIpc) is 3.03. The first-order valence-electron chi connectivity index (χ1n) is 8.87. The maximum atomic E-state index is 6.12. The minimum Gasteiger partial charge on any atom is -0.497 e. The molecule has 1 heterocycles. The Morgan fingerprint density at radius 3 is 2.67 bits per heavy atom. The molecule has 6 heteroatoms. The summed E-state index contributed by atoms with van der Waals surface area (Å²) in [5.41, 5.74) is 3.53. The maximum Gasteiger partial charge on any atom is 0.191 e. The summed E-state index contributed by atoms with van der Waals surface area (Å²) < 4.78 is 13.4. The Labute approximate surface area is 164 Å². The predicted molar refractivity (Wildman–Crippen MR) is 109 cm³/mol. The fourth-order valence-corrected chi connectivity index (χ4v) is 3.75. The van der Waals surface area contributed by atoms with Gasteiger partial charge in [0.15, 0.2) is 17.1 Å². The van der Waals surface area contributed by atoms with Crippen LogP contribution in [0, 0.1) is 13.8 Å². The van der Waals surface area contributed by atoms with E-state index in [1.165, 1.54) is 11.1 Å². The van der Waals surface area contributed by atoms with Gasteiger partial charge in [0.05, 0.1) is 7.11 Å². The van der Waals surface area contributed by atoms with Crippen LogP contribution >= 0.6 is 11.8 Å². The molecule has 0 aliphatic rings. The molecule has 5 nitrogen and oxygen atoms in total. The molecule has 0 fully saturated rings. The summed E-state index contributed by atoms with van der Waals surface area (Å²) in [5, 5.41) is 9.55. The summed E-state index contributed by atoms with van der Waals surface area (Å²) in [6.45, 7) is 6.13. The topological polar surface area (TPSA) is 49.2 Å². The minimum atomic E-state index is -0.185. The van der Waals surface area contributed by atoms with Crippen molar-refractivity contribution in [1.29, 1.82) is 0 Å². The Balaban J connectivity index is 1.68. The fourth-order valence-electron chi connectivity index (χ4n) is 2.89. The first-order valence-corrected chi connectivity index (χ1v) is 9.85. The van der Waals surface area contributed by atoms with Gasteiger partial charge in [0, 0.05) is 12.8 Å². The Morgan fingerprint density at radius 1 is 1.11 bits per heavy atom. The smallest absolute Gasteiger partial charge is 0.191 e. The third kappa shape index (κ3) is 4.63. The van der Waals surface area contributed by atoms with Crippen LogP contribution in [0.15, 0.2) is 47.6 Å². The molecule has 0 amide bonds. The number of methoxy groups -OCH3 is 1. The second-order valence-corrected chi connectivity index (χ2v) is 7.51. The highest BCUT2D eigenvalue weighted by Crippen LogP contribution is 2.28. The van der Waals surface area contributed by atoms with Gasteiger partial charge in [-0.05, 0) is 50.1 Å². The molecule has 2 aromatic carbocycles. The van der Waals surface area contributed by atoms with E-state index >= 15 is 0 Å². The molecule has 1 aromatic heterocycles. The molecule has 3 rings (SSSR count). The van der Waals surface area contributed by atoms with Gasteiger partial charge in [-0.25, -0.2) is 0 Å². The molecule has 0 N–H and O–H groups in total. The number of hydrogen-bond donors (Lipinski definition) is 0. The van der Waals surface area contributed by atoms with E-state index in [0.717, 1.165) is 33.8 Å². The number of hydrogen-bond acceptors (Lipinski definition) is 5. The highest BCUT2D eigenvalue weighted by atomic mass is 32.2. The van der Waals surface area contributed by atoms with Crippen LogP contribution in [0.4, 0.5) is 0 Å². The monoisotopic (exact) mass is 383 g/mol. The van der Waals surface area contributed by atoms with E-state index in [4.69, 9.17) is 9.47 Å². The SMILES string of the molecule is COc1cccc(CSc2nnc(C(C)Oc3ccc(C)cc3C)n2C)c1. The van der Waals surface area contributed by atoms with Gasteiger partial charge < -0.3 is 14.0 Å². The molecule has 0 saturated heterocycles. The van der Waals surface area contributed by atoms with E-state index < -0.39 is 0 Å². The van der Waals surface area contributed by atoms with E-state index in [2.05, 4.69) is 42.2 Å². The molecule has 142 valence electrons. The third-order valence-electron chi connectivity index (χ3n) is 4.37. The van der Waals surface area contributed by atoms with Crippen molar-refractivity contribution < 1.29 is 9.47 Å². The highest BCUT2D eigenvalue weighted by Gasteiger charge is 2.18. The van der Waals surface area contributed by atoms with Crippen molar-refractivity contribution in [2.24, 2.45) is 7.05 Å². The molecule has 1 atom stereocenters. The second-order valence-electron chi connectivity index (χ2n) is 6.57. The van der Waals surface area contributed by atoms with E-state index in [1.54, 1.807) is 18.9 Å². The van der Waals surface area contributed by atoms with E-state index in [0.29, 0.717) is 0 Å². The molecule has 3 aromatic rings. The highest BCUT2D eigenvalue weighted by molar-refractivity contribution is 7.98. The van der Waals surface area contributed by atoms with Crippen LogP contribution in [-0.2, 0) is 12.8 Å². The molecule has 0 aliphatic heterocycles. The standard InChI is InChI=1S/C21H25N3O2S/c1-14-9-10-19(15(2)11-14)26-16(3)20-22-23-21(24(20)4)27-13-17-7-6-8-18(12-17)25-5/h6-12,16H,13H2,1-5H3.